The van der Waals surface area contributed by atoms with Crippen molar-refractivity contribution in [3.05, 3.63) is 70.9 Å². The Labute approximate surface area is 379 Å². The first-order chi connectivity index (χ1) is 30.5. The molecule has 2 N–H and O–H groups in total. The Bertz CT molecular complexity index is 1900. The topological polar surface area (TPSA) is 174 Å². The fourth-order valence-electron chi connectivity index (χ4n) is 10.8. The van der Waals surface area contributed by atoms with Gasteiger partial charge in [-0.05, 0) is 68.4 Å². The molecule has 14 heteroatoms. The number of aliphatic hydroxyl groups excluding tert-OH is 1. The van der Waals surface area contributed by atoms with Gasteiger partial charge in [0, 0.05) is 57.8 Å². The lowest BCUT2D eigenvalue weighted by Crippen LogP contribution is -2.58. The van der Waals surface area contributed by atoms with Crippen LogP contribution in [0.5, 0.6) is 0 Å². The predicted octanol–water partition coefficient (Wildman–Crippen LogP) is 6.47. The first-order valence-corrected chi connectivity index (χ1v) is 23.3. The zero-order chi connectivity index (χ0) is 46.1. The third-order valence-corrected chi connectivity index (χ3v) is 14.7. The SMILES string of the molecule is CCC(C)C1OC2(C=CC1C)CC1CC(C/C=C(\C)C(OC3CC(OC)C(OC4CC(OC)/C(=C/C#N)C(C)O4)C(C)O3)C(C)/C=C/C=C3\COC4C(O)C(C)=CC(C(=O)O1)C34O)O2. The Morgan fingerprint density at radius 3 is 2.47 bits per heavy atom. The number of esters is 1. The molecule has 2 bridgehead atoms. The Kier molecular flexibility index (Phi) is 15.6. The highest BCUT2D eigenvalue weighted by atomic mass is 16.7. The second-order valence-electron chi connectivity index (χ2n) is 19.1. The zero-order valence-corrected chi connectivity index (χ0v) is 39.2. The number of methoxy groups -OCH3 is 2. The van der Waals surface area contributed by atoms with E-state index in [9.17, 15) is 20.3 Å². The normalized spacial score (nSPS) is 47.3. The molecule has 0 aromatic rings. The second kappa shape index (κ2) is 20.4. The van der Waals surface area contributed by atoms with Gasteiger partial charge < -0.3 is 57.6 Å². The number of nitriles is 1. The molecule has 19 unspecified atom stereocenters. The molecule has 0 amide bonds. The van der Waals surface area contributed by atoms with E-state index >= 15 is 0 Å². The minimum atomic E-state index is -1.84. The van der Waals surface area contributed by atoms with Crippen LogP contribution in [0.2, 0.25) is 0 Å². The highest BCUT2D eigenvalue weighted by molar-refractivity contribution is 5.78. The van der Waals surface area contributed by atoms with Crippen molar-refractivity contribution < 1.29 is 62.4 Å². The van der Waals surface area contributed by atoms with Crippen molar-refractivity contribution in [3.8, 4) is 6.07 Å². The van der Waals surface area contributed by atoms with Gasteiger partial charge in [0.2, 0.25) is 0 Å². The van der Waals surface area contributed by atoms with E-state index in [-0.39, 0.29) is 48.8 Å². The van der Waals surface area contributed by atoms with E-state index in [0.29, 0.717) is 43.3 Å². The van der Waals surface area contributed by atoms with E-state index in [4.69, 9.17) is 47.4 Å². The molecule has 4 fully saturated rings. The maximum atomic E-state index is 14.4. The molecular formula is C50H71NO13. The van der Waals surface area contributed by atoms with Crippen molar-refractivity contribution in [2.24, 2.45) is 23.7 Å². The Balaban J connectivity index is 1.17. The van der Waals surface area contributed by atoms with Gasteiger partial charge in [0.15, 0.2) is 18.4 Å². The quantitative estimate of drug-likeness (QED) is 0.154. The summed E-state index contributed by atoms with van der Waals surface area (Å²) in [5, 5.41) is 33.1. The summed E-state index contributed by atoms with van der Waals surface area (Å²) in [4.78, 5) is 14.4. The van der Waals surface area contributed by atoms with Gasteiger partial charge >= 0.3 is 5.97 Å². The van der Waals surface area contributed by atoms with Crippen molar-refractivity contribution >= 4 is 5.97 Å². The van der Waals surface area contributed by atoms with E-state index in [1.54, 1.807) is 33.3 Å². The summed E-state index contributed by atoms with van der Waals surface area (Å²) in [6.45, 7) is 16.2. The summed E-state index contributed by atoms with van der Waals surface area (Å²) in [6, 6.07) is 2.09. The fourth-order valence-corrected chi connectivity index (χ4v) is 10.8. The number of aliphatic hydroxyl groups is 2. The summed E-state index contributed by atoms with van der Waals surface area (Å²) in [5.74, 6) is -2.58. The molecule has 0 aromatic carbocycles. The molecule has 0 saturated carbocycles. The van der Waals surface area contributed by atoms with Crippen LogP contribution in [0.15, 0.2) is 70.9 Å². The van der Waals surface area contributed by atoms with Gasteiger partial charge in [0.1, 0.15) is 35.9 Å². The first-order valence-electron chi connectivity index (χ1n) is 23.3. The minimum absolute atomic E-state index is 0.0289. The van der Waals surface area contributed by atoms with Crippen molar-refractivity contribution in [1.82, 2.24) is 0 Å². The van der Waals surface area contributed by atoms with Crippen molar-refractivity contribution in [3.63, 3.8) is 0 Å². The van der Waals surface area contributed by atoms with Crippen LogP contribution in [-0.4, -0.2) is 128 Å². The smallest absolute Gasteiger partial charge is 0.316 e. The average Bonchev–Trinajstić information content (AvgIpc) is 3.61. The number of ether oxygens (including phenoxy) is 10. The lowest BCUT2D eigenvalue weighted by atomic mass is 9.71. The van der Waals surface area contributed by atoms with Gasteiger partial charge in [0.25, 0.3) is 0 Å². The van der Waals surface area contributed by atoms with Crippen LogP contribution in [0.25, 0.3) is 0 Å². The number of carbonyl (C=O) groups is 1. The van der Waals surface area contributed by atoms with Crippen LogP contribution in [0.3, 0.4) is 0 Å². The van der Waals surface area contributed by atoms with Gasteiger partial charge in [-0.2, -0.15) is 5.26 Å². The van der Waals surface area contributed by atoms with E-state index in [0.717, 1.165) is 17.6 Å². The maximum absolute atomic E-state index is 14.4. The van der Waals surface area contributed by atoms with Gasteiger partial charge in [-0.1, -0.05) is 70.6 Å². The number of rotatable bonds is 8. The molecule has 6 aliphatic heterocycles. The molecule has 0 aromatic heterocycles. The van der Waals surface area contributed by atoms with Crippen molar-refractivity contribution in [2.45, 2.75) is 185 Å². The van der Waals surface area contributed by atoms with Crippen LogP contribution in [0.4, 0.5) is 0 Å². The maximum Gasteiger partial charge on any atom is 0.316 e. The number of carbonyl (C=O) groups excluding carboxylic acids is 1. The molecule has 0 radical (unpaired) electrons. The third-order valence-electron chi connectivity index (χ3n) is 14.7. The number of nitrogens with zero attached hydrogens (tertiary/aromatic N) is 1. The number of hydrogen-bond donors (Lipinski definition) is 2. The molecule has 1 aliphatic carbocycles. The molecular weight excluding hydrogens is 823 g/mol. The first kappa shape index (κ1) is 48.9. The van der Waals surface area contributed by atoms with E-state index in [1.165, 1.54) is 6.08 Å². The lowest BCUT2D eigenvalue weighted by molar-refractivity contribution is -0.305. The number of allylic oxidation sites excluding steroid dienone is 3. The summed E-state index contributed by atoms with van der Waals surface area (Å²) in [5.41, 5.74) is 0.896. The van der Waals surface area contributed by atoms with E-state index in [2.05, 4.69) is 45.9 Å². The average molecular weight is 894 g/mol. The molecule has 1 spiro atoms. The predicted molar refractivity (Wildman–Crippen MR) is 235 cm³/mol. The van der Waals surface area contributed by atoms with Crippen LogP contribution in [-0.2, 0) is 52.2 Å². The van der Waals surface area contributed by atoms with Gasteiger partial charge in [-0.25, -0.2) is 0 Å². The molecule has 7 rings (SSSR count). The van der Waals surface area contributed by atoms with Crippen LogP contribution < -0.4 is 0 Å². The molecule has 64 heavy (non-hydrogen) atoms. The second-order valence-corrected chi connectivity index (χ2v) is 19.1. The van der Waals surface area contributed by atoms with Gasteiger partial charge in [0.05, 0.1) is 55.4 Å². The Morgan fingerprint density at radius 1 is 0.984 bits per heavy atom. The largest absolute Gasteiger partial charge is 0.462 e. The number of hydrogen-bond acceptors (Lipinski definition) is 14. The van der Waals surface area contributed by atoms with Crippen LogP contribution in [0, 0.1) is 35.0 Å². The molecule has 354 valence electrons. The summed E-state index contributed by atoms with van der Waals surface area (Å²) in [7, 11) is 3.27. The van der Waals surface area contributed by atoms with E-state index in [1.807, 2.05) is 39.0 Å². The van der Waals surface area contributed by atoms with Crippen molar-refractivity contribution in [1.29, 1.82) is 5.26 Å². The highest BCUT2D eigenvalue weighted by Crippen LogP contribution is 2.47. The van der Waals surface area contributed by atoms with Crippen LogP contribution in [0.1, 0.15) is 93.9 Å². The fraction of sp³-hybridized carbons (Fsp3) is 0.720. The standard InChI is InChI=1S/C50H71NO13/c1-11-27(2)45-30(5)17-19-49(64-45)25-36-22-35(63-49)16-15-29(4)44(28(3)13-12-14-34-26-57-47-43(52)31(6)21-38(48(53)60-36)50(34,47)54)61-42-24-40(56-10)46(33(8)59-42)62-41-23-39(55-9)37(18-20-51)32(7)58-41/h12-15,17-19,21,27-28,30,32-33,35-36,38-47,52,54H,11,16,22-26H2,1-10H3/b13-12+,29-15+,34-14+,37-18+. The van der Waals surface area contributed by atoms with E-state index < -0.39 is 78.6 Å². The molecule has 7 aliphatic rings. The Hall–Kier alpha value is -3.04. The van der Waals surface area contributed by atoms with Gasteiger partial charge in [-0.15, -0.1) is 0 Å². The third kappa shape index (κ3) is 9.97. The molecule has 6 heterocycles. The Morgan fingerprint density at radius 2 is 1.75 bits per heavy atom. The van der Waals surface area contributed by atoms with Gasteiger partial charge in [-0.3, -0.25) is 4.79 Å². The lowest BCUT2D eigenvalue weighted by Gasteiger charge is -2.48. The molecule has 4 saturated heterocycles. The minimum Gasteiger partial charge on any atom is -0.462 e. The number of fused-ring (bicyclic) bond motifs is 2. The zero-order valence-electron chi connectivity index (χ0n) is 39.2. The summed E-state index contributed by atoms with van der Waals surface area (Å²) in [6.07, 6.45) is 11.0. The molecule has 19 atom stereocenters. The van der Waals surface area contributed by atoms with Crippen molar-refractivity contribution in [2.75, 3.05) is 20.8 Å². The van der Waals surface area contributed by atoms with Crippen LogP contribution >= 0.6 is 0 Å². The molecule has 14 nitrogen and oxygen atoms in total. The monoisotopic (exact) mass is 893 g/mol. The summed E-state index contributed by atoms with van der Waals surface area (Å²) < 4.78 is 64.2. The summed E-state index contributed by atoms with van der Waals surface area (Å²) >= 11 is 0. The highest BCUT2D eigenvalue weighted by Gasteiger charge is 2.60.